The molecular weight excluding hydrogens is 136 g/mol. The van der Waals surface area contributed by atoms with Crippen LogP contribution in [0.15, 0.2) is 0 Å². The molecule has 0 atom stereocenters. The molecule has 0 aromatic rings. The number of nitrogens with zero attached hydrogens (tertiary/aromatic N) is 1. The highest BCUT2D eigenvalue weighted by Gasteiger charge is 2.26. The van der Waals surface area contributed by atoms with Gasteiger partial charge >= 0.3 is 0 Å². The molecular formula is C9H20N2. The lowest BCUT2D eigenvalue weighted by Crippen LogP contribution is -2.49. The molecule has 1 rings (SSSR count). The Morgan fingerprint density at radius 2 is 1.73 bits per heavy atom. The van der Waals surface area contributed by atoms with E-state index in [9.17, 15) is 0 Å². The van der Waals surface area contributed by atoms with Gasteiger partial charge in [0.15, 0.2) is 0 Å². The molecule has 0 radical (unpaired) electrons. The number of hydrogen-bond acceptors (Lipinski definition) is 2. The predicted molar refractivity (Wildman–Crippen MR) is 48.5 cm³/mol. The Kier molecular flexibility index (Phi) is 2.55. The fraction of sp³-hybridized carbons (Fsp3) is 1.00. The van der Waals surface area contributed by atoms with Crippen LogP contribution in [0.5, 0.6) is 0 Å². The highest BCUT2D eigenvalue weighted by molar-refractivity contribution is 4.86. The fourth-order valence-corrected chi connectivity index (χ4v) is 1.55. The highest BCUT2D eigenvalue weighted by Crippen LogP contribution is 2.19. The van der Waals surface area contributed by atoms with E-state index in [1.54, 1.807) is 0 Å². The Hall–Kier alpha value is -0.0800. The van der Waals surface area contributed by atoms with E-state index in [4.69, 9.17) is 5.73 Å². The largest absolute Gasteiger partial charge is 0.325 e. The Bertz CT molecular complexity index is 120. The average Bonchev–Trinajstić information content (AvgIpc) is 1.86. The first-order valence-electron chi connectivity index (χ1n) is 4.54. The minimum atomic E-state index is 0.103. The lowest BCUT2D eigenvalue weighted by atomic mass is 9.90. The molecule has 0 aliphatic carbocycles. The average molecular weight is 156 g/mol. The fourth-order valence-electron chi connectivity index (χ4n) is 1.55. The van der Waals surface area contributed by atoms with Crippen molar-refractivity contribution in [2.24, 2.45) is 5.73 Å². The zero-order chi connectivity index (χ0) is 8.48. The van der Waals surface area contributed by atoms with Crippen molar-refractivity contribution in [2.45, 2.75) is 45.2 Å². The van der Waals surface area contributed by atoms with Gasteiger partial charge in [0.1, 0.15) is 0 Å². The van der Waals surface area contributed by atoms with Crippen LogP contribution >= 0.6 is 0 Å². The third kappa shape index (κ3) is 2.46. The minimum Gasteiger partial charge on any atom is -0.325 e. The van der Waals surface area contributed by atoms with Crippen LogP contribution in [0.25, 0.3) is 0 Å². The van der Waals surface area contributed by atoms with Gasteiger partial charge in [0.25, 0.3) is 0 Å². The minimum absolute atomic E-state index is 0.103. The monoisotopic (exact) mass is 156 g/mol. The lowest BCUT2D eigenvalue weighted by molar-refractivity contribution is 0.140. The molecule has 0 amide bonds. The number of likely N-dealkylation sites (tertiary alicyclic amines) is 1. The maximum absolute atomic E-state index is 6.01. The number of nitrogens with two attached hydrogens (primary N) is 1. The molecule has 1 saturated heterocycles. The van der Waals surface area contributed by atoms with Gasteiger partial charge in [-0.1, -0.05) is 0 Å². The molecule has 2 heteroatoms. The van der Waals surface area contributed by atoms with E-state index in [-0.39, 0.29) is 5.54 Å². The summed E-state index contributed by atoms with van der Waals surface area (Å²) in [6.45, 7) is 9.00. The SMILES string of the molecule is CC(C)N1CCC(C)(N)CC1. The predicted octanol–water partition coefficient (Wildman–Crippen LogP) is 1.21. The van der Waals surface area contributed by atoms with E-state index in [1.807, 2.05) is 0 Å². The summed E-state index contributed by atoms with van der Waals surface area (Å²) in [7, 11) is 0. The molecule has 0 unspecified atom stereocenters. The smallest absolute Gasteiger partial charge is 0.0150 e. The van der Waals surface area contributed by atoms with Gasteiger partial charge in [-0.25, -0.2) is 0 Å². The third-order valence-corrected chi connectivity index (χ3v) is 2.67. The van der Waals surface area contributed by atoms with Gasteiger partial charge in [0.2, 0.25) is 0 Å². The molecule has 1 heterocycles. The summed E-state index contributed by atoms with van der Waals surface area (Å²) in [4.78, 5) is 2.49. The van der Waals surface area contributed by atoms with E-state index in [0.29, 0.717) is 6.04 Å². The summed E-state index contributed by atoms with van der Waals surface area (Å²) in [6.07, 6.45) is 2.29. The summed E-state index contributed by atoms with van der Waals surface area (Å²) in [5.41, 5.74) is 6.12. The number of hydrogen-bond donors (Lipinski definition) is 1. The van der Waals surface area contributed by atoms with Gasteiger partial charge in [0, 0.05) is 24.7 Å². The first-order valence-corrected chi connectivity index (χ1v) is 4.54. The van der Waals surface area contributed by atoms with Crippen molar-refractivity contribution in [3.05, 3.63) is 0 Å². The molecule has 0 spiro atoms. The quantitative estimate of drug-likeness (QED) is 0.618. The van der Waals surface area contributed by atoms with E-state index in [0.717, 1.165) is 12.8 Å². The van der Waals surface area contributed by atoms with Crippen LogP contribution in [0.1, 0.15) is 33.6 Å². The van der Waals surface area contributed by atoms with E-state index in [1.165, 1.54) is 13.1 Å². The first-order chi connectivity index (χ1) is 5.01. The second kappa shape index (κ2) is 3.11. The van der Waals surface area contributed by atoms with Crippen LogP contribution in [0.4, 0.5) is 0 Å². The summed E-state index contributed by atoms with van der Waals surface area (Å²) >= 11 is 0. The normalized spacial score (nSPS) is 25.9. The Balaban J connectivity index is 2.36. The van der Waals surface area contributed by atoms with Crippen LogP contribution in [0.2, 0.25) is 0 Å². The molecule has 1 aliphatic heterocycles. The van der Waals surface area contributed by atoms with Crippen molar-refractivity contribution in [3.63, 3.8) is 0 Å². The zero-order valence-corrected chi connectivity index (χ0v) is 7.93. The Morgan fingerprint density at radius 3 is 2.09 bits per heavy atom. The van der Waals surface area contributed by atoms with Crippen LogP contribution in [0, 0.1) is 0 Å². The van der Waals surface area contributed by atoms with Crippen LogP contribution in [0.3, 0.4) is 0 Å². The van der Waals surface area contributed by atoms with Gasteiger partial charge in [-0.2, -0.15) is 0 Å². The van der Waals surface area contributed by atoms with Crippen molar-refractivity contribution in [2.75, 3.05) is 13.1 Å². The second-order valence-electron chi connectivity index (χ2n) is 4.28. The van der Waals surface area contributed by atoms with E-state index in [2.05, 4.69) is 25.7 Å². The van der Waals surface area contributed by atoms with Crippen LogP contribution < -0.4 is 5.73 Å². The summed E-state index contributed by atoms with van der Waals surface area (Å²) in [5.74, 6) is 0. The summed E-state index contributed by atoms with van der Waals surface area (Å²) in [6, 6.07) is 0.686. The zero-order valence-electron chi connectivity index (χ0n) is 7.93. The molecule has 1 fully saturated rings. The maximum Gasteiger partial charge on any atom is 0.0150 e. The van der Waals surface area contributed by atoms with Crippen molar-refractivity contribution in [1.82, 2.24) is 4.90 Å². The lowest BCUT2D eigenvalue weighted by Gasteiger charge is -2.38. The standard InChI is InChI=1S/C9H20N2/c1-8(2)11-6-4-9(3,10)5-7-11/h8H,4-7,10H2,1-3H3. The van der Waals surface area contributed by atoms with Gasteiger partial charge < -0.3 is 10.6 Å². The molecule has 0 aromatic carbocycles. The number of rotatable bonds is 1. The van der Waals surface area contributed by atoms with Crippen LogP contribution in [-0.4, -0.2) is 29.6 Å². The van der Waals surface area contributed by atoms with Gasteiger partial charge in [0.05, 0.1) is 0 Å². The van der Waals surface area contributed by atoms with Crippen LogP contribution in [-0.2, 0) is 0 Å². The highest BCUT2D eigenvalue weighted by atomic mass is 15.2. The van der Waals surface area contributed by atoms with Crippen molar-refractivity contribution >= 4 is 0 Å². The van der Waals surface area contributed by atoms with E-state index < -0.39 is 0 Å². The molecule has 2 N–H and O–H groups in total. The topological polar surface area (TPSA) is 29.3 Å². The number of piperidine rings is 1. The Labute approximate surface area is 69.8 Å². The second-order valence-corrected chi connectivity index (χ2v) is 4.28. The first kappa shape index (κ1) is 9.01. The molecule has 0 bridgehead atoms. The maximum atomic E-state index is 6.01. The molecule has 11 heavy (non-hydrogen) atoms. The summed E-state index contributed by atoms with van der Waals surface area (Å²) in [5, 5.41) is 0. The Morgan fingerprint density at radius 1 is 1.27 bits per heavy atom. The van der Waals surface area contributed by atoms with Gasteiger partial charge in [-0.3, -0.25) is 0 Å². The molecule has 0 saturated carbocycles. The summed E-state index contributed by atoms with van der Waals surface area (Å²) < 4.78 is 0. The van der Waals surface area contributed by atoms with Crippen molar-refractivity contribution in [1.29, 1.82) is 0 Å². The van der Waals surface area contributed by atoms with Crippen molar-refractivity contribution < 1.29 is 0 Å². The molecule has 66 valence electrons. The molecule has 2 nitrogen and oxygen atoms in total. The van der Waals surface area contributed by atoms with E-state index >= 15 is 0 Å². The third-order valence-electron chi connectivity index (χ3n) is 2.67. The van der Waals surface area contributed by atoms with Crippen molar-refractivity contribution in [3.8, 4) is 0 Å². The molecule has 1 aliphatic rings. The van der Waals surface area contributed by atoms with Gasteiger partial charge in [-0.15, -0.1) is 0 Å². The molecule has 0 aromatic heterocycles. The van der Waals surface area contributed by atoms with Gasteiger partial charge in [-0.05, 0) is 33.6 Å².